The summed E-state index contributed by atoms with van der Waals surface area (Å²) in [5, 5.41) is 0. The first-order valence-corrected chi connectivity index (χ1v) is 8.61. The first kappa shape index (κ1) is 16.5. The molecule has 0 saturated carbocycles. The fraction of sp³-hybridized carbons (Fsp3) is 0.111. The van der Waals surface area contributed by atoms with E-state index in [1.807, 2.05) is 60.7 Å². The van der Waals surface area contributed by atoms with Crippen LogP contribution < -0.4 is 0 Å². The molecule has 2 nitrogen and oxygen atoms in total. The van der Waals surface area contributed by atoms with Crippen molar-refractivity contribution in [1.29, 1.82) is 0 Å². The van der Waals surface area contributed by atoms with Gasteiger partial charge in [-0.2, -0.15) is 0 Å². The lowest BCUT2D eigenvalue weighted by atomic mass is 10.2. The summed E-state index contributed by atoms with van der Waals surface area (Å²) in [6.45, 7) is 0.706. The van der Waals surface area contributed by atoms with Gasteiger partial charge in [0.15, 0.2) is 0 Å². The van der Waals surface area contributed by atoms with Crippen molar-refractivity contribution in [1.82, 2.24) is 0 Å². The van der Waals surface area contributed by atoms with Crippen molar-refractivity contribution in [2.45, 2.75) is 0 Å². The summed E-state index contributed by atoms with van der Waals surface area (Å²) in [4.78, 5) is 0. The van der Waals surface area contributed by atoms with Crippen molar-refractivity contribution < 1.29 is 8.37 Å². The van der Waals surface area contributed by atoms with Crippen molar-refractivity contribution in [3.8, 4) is 23.7 Å². The van der Waals surface area contributed by atoms with Gasteiger partial charge in [-0.3, -0.25) is 8.37 Å². The molecule has 0 heterocycles. The van der Waals surface area contributed by atoms with Gasteiger partial charge in [0.05, 0.1) is 22.1 Å². The van der Waals surface area contributed by atoms with E-state index in [1.165, 1.54) is 0 Å². The van der Waals surface area contributed by atoms with E-state index in [9.17, 15) is 0 Å². The third-order valence-electron chi connectivity index (χ3n) is 2.40. The van der Waals surface area contributed by atoms with Crippen LogP contribution in [-0.4, -0.2) is 13.2 Å². The summed E-state index contributed by atoms with van der Waals surface area (Å²) in [5.41, 5.74) is 1.97. The van der Waals surface area contributed by atoms with Gasteiger partial charge in [-0.15, -0.1) is 0 Å². The molecule has 2 aromatic carbocycles. The molecule has 0 bridgehead atoms. The van der Waals surface area contributed by atoms with E-state index >= 15 is 0 Å². The van der Waals surface area contributed by atoms with Crippen LogP contribution in [0.15, 0.2) is 60.7 Å². The third kappa shape index (κ3) is 7.26. The molecule has 0 aliphatic heterocycles. The molecule has 0 fully saturated rings. The minimum atomic E-state index is 0.353. The quantitative estimate of drug-likeness (QED) is 0.352. The van der Waals surface area contributed by atoms with Gasteiger partial charge in [0.2, 0.25) is 0 Å². The van der Waals surface area contributed by atoms with Gasteiger partial charge in [-0.1, -0.05) is 60.1 Å². The highest BCUT2D eigenvalue weighted by Crippen LogP contribution is 2.22. The number of benzene rings is 2. The molecule has 0 radical (unpaired) electrons. The zero-order chi connectivity index (χ0) is 15.3. The normalized spacial score (nSPS) is 9.27. The van der Waals surface area contributed by atoms with Crippen molar-refractivity contribution in [2.75, 3.05) is 13.2 Å². The standard InChI is InChI=1S/C18H14O2S2/c1-3-9-17(10-4-1)13-7-15-19-21-22-20-16-8-14-18-11-5-2-6-12-18/h1-6,9-12H,15-16H2. The second-order valence-electron chi connectivity index (χ2n) is 4.00. The van der Waals surface area contributed by atoms with Gasteiger partial charge in [-0.05, 0) is 24.3 Å². The Kier molecular flexibility index (Phi) is 8.16. The number of rotatable bonds is 5. The predicted octanol–water partition coefficient (Wildman–Crippen LogP) is 4.33. The first-order chi connectivity index (χ1) is 10.9. The van der Waals surface area contributed by atoms with E-state index in [2.05, 4.69) is 23.7 Å². The van der Waals surface area contributed by atoms with Crippen molar-refractivity contribution >= 4 is 22.1 Å². The van der Waals surface area contributed by atoms with E-state index in [1.54, 1.807) is 0 Å². The molecule has 2 rings (SSSR count). The summed E-state index contributed by atoms with van der Waals surface area (Å²) >= 11 is 2.32. The van der Waals surface area contributed by atoms with Crippen LogP contribution in [0.1, 0.15) is 11.1 Å². The fourth-order valence-electron chi connectivity index (χ4n) is 1.47. The maximum atomic E-state index is 5.25. The maximum Gasteiger partial charge on any atom is 0.123 e. The smallest absolute Gasteiger partial charge is 0.123 e. The summed E-state index contributed by atoms with van der Waals surface area (Å²) in [7, 11) is 0. The predicted molar refractivity (Wildman–Crippen MR) is 93.7 cm³/mol. The van der Waals surface area contributed by atoms with E-state index in [0.29, 0.717) is 13.2 Å². The third-order valence-corrected chi connectivity index (χ3v) is 3.63. The first-order valence-electron chi connectivity index (χ1n) is 6.61. The molecule has 4 heteroatoms. The van der Waals surface area contributed by atoms with Gasteiger partial charge in [-0.25, -0.2) is 0 Å². The van der Waals surface area contributed by atoms with Gasteiger partial charge in [0.25, 0.3) is 0 Å². The monoisotopic (exact) mass is 326 g/mol. The van der Waals surface area contributed by atoms with Gasteiger partial charge in [0, 0.05) is 11.1 Å². The molecule has 0 unspecified atom stereocenters. The molecular weight excluding hydrogens is 312 g/mol. The van der Waals surface area contributed by atoms with Crippen LogP contribution in [0.25, 0.3) is 0 Å². The minimum Gasteiger partial charge on any atom is -0.290 e. The molecule has 0 aliphatic rings. The molecule has 0 aromatic heterocycles. The van der Waals surface area contributed by atoms with Crippen LogP contribution in [0.4, 0.5) is 0 Å². The fourth-order valence-corrected chi connectivity index (χ4v) is 2.28. The second kappa shape index (κ2) is 10.8. The molecule has 0 aliphatic carbocycles. The molecule has 110 valence electrons. The van der Waals surface area contributed by atoms with Gasteiger partial charge in [0.1, 0.15) is 13.2 Å². The Bertz CT molecular complexity index is 603. The number of hydrogen-bond donors (Lipinski definition) is 0. The minimum absolute atomic E-state index is 0.353. The van der Waals surface area contributed by atoms with Crippen LogP contribution in [0.3, 0.4) is 0 Å². The SMILES string of the molecule is C(#Cc1ccccc1)COSSOCC#Cc1ccccc1. The zero-order valence-corrected chi connectivity index (χ0v) is 13.5. The Hall–Kier alpha value is -1.82. The highest BCUT2D eigenvalue weighted by atomic mass is 33.1. The average Bonchev–Trinajstić information content (AvgIpc) is 2.58. The number of hydrogen-bond acceptors (Lipinski definition) is 4. The summed E-state index contributed by atoms with van der Waals surface area (Å²) in [5.74, 6) is 11.9. The Morgan fingerprint density at radius 3 is 1.45 bits per heavy atom. The van der Waals surface area contributed by atoms with Crippen LogP contribution >= 0.6 is 22.1 Å². The molecule has 0 atom stereocenters. The lowest BCUT2D eigenvalue weighted by Gasteiger charge is -1.95. The zero-order valence-electron chi connectivity index (χ0n) is 11.8. The Balaban J connectivity index is 1.52. The Morgan fingerprint density at radius 1 is 0.636 bits per heavy atom. The van der Waals surface area contributed by atoms with Crippen molar-refractivity contribution in [3.63, 3.8) is 0 Å². The molecule has 0 spiro atoms. The van der Waals surface area contributed by atoms with E-state index < -0.39 is 0 Å². The van der Waals surface area contributed by atoms with Crippen molar-refractivity contribution in [3.05, 3.63) is 71.8 Å². The van der Waals surface area contributed by atoms with E-state index in [4.69, 9.17) is 8.37 Å². The largest absolute Gasteiger partial charge is 0.290 e. The van der Waals surface area contributed by atoms with Crippen molar-refractivity contribution in [2.24, 2.45) is 0 Å². The van der Waals surface area contributed by atoms with Crippen LogP contribution in [0, 0.1) is 23.7 Å². The highest BCUT2D eigenvalue weighted by Gasteiger charge is 1.89. The molecule has 0 saturated heterocycles. The summed E-state index contributed by atoms with van der Waals surface area (Å²) in [6.07, 6.45) is 0. The highest BCUT2D eigenvalue weighted by molar-refractivity contribution is 8.73. The topological polar surface area (TPSA) is 18.5 Å². The molecule has 22 heavy (non-hydrogen) atoms. The van der Waals surface area contributed by atoms with E-state index in [-0.39, 0.29) is 0 Å². The Morgan fingerprint density at radius 2 is 1.05 bits per heavy atom. The van der Waals surface area contributed by atoms with Crippen LogP contribution in [0.2, 0.25) is 0 Å². The summed E-state index contributed by atoms with van der Waals surface area (Å²) < 4.78 is 10.5. The van der Waals surface area contributed by atoms with Gasteiger partial charge < -0.3 is 0 Å². The molecular formula is C18H14O2S2. The second-order valence-corrected chi connectivity index (χ2v) is 5.56. The average molecular weight is 326 g/mol. The maximum absolute atomic E-state index is 5.25. The summed E-state index contributed by atoms with van der Waals surface area (Å²) in [6, 6.07) is 19.6. The molecule has 0 N–H and O–H groups in total. The van der Waals surface area contributed by atoms with Crippen LogP contribution in [-0.2, 0) is 8.37 Å². The van der Waals surface area contributed by atoms with Crippen LogP contribution in [0.5, 0.6) is 0 Å². The lowest BCUT2D eigenvalue weighted by molar-refractivity contribution is 0.429. The lowest BCUT2D eigenvalue weighted by Crippen LogP contribution is -1.82. The molecule has 0 amide bonds. The van der Waals surface area contributed by atoms with Gasteiger partial charge >= 0.3 is 0 Å². The molecule has 2 aromatic rings. The van der Waals surface area contributed by atoms with E-state index in [0.717, 1.165) is 33.3 Å². The Labute approximate surface area is 139 Å².